The third-order valence-corrected chi connectivity index (χ3v) is 5.25. The van der Waals surface area contributed by atoms with E-state index >= 15 is 0 Å². The molecular formula is C24H23NO3. The second kappa shape index (κ2) is 7.87. The Balaban J connectivity index is 1.37. The van der Waals surface area contributed by atoms with Gasteiger partial charge in [0, 0.05) is 5.92 Å². The number of nitrogens with one attached hydrogen (secondary N) is 1. The highest BCUT2D eigenvalue weighted by atomic mass is 16.5. The maximum Gasteiger partial charge on any atom is 0.407 e. The normalized spacial score (nSPS) is 13.5. The van der Waals surface area contributed by atoms with Crippen molar-refractivity contribution in [2.24, 2.45) is 0 Å². The molecule has 3 aromatic carbocycles. The van der Waals surface area contributed by atoms with Gasteiger partial charge in [0.1, 0.15) is 6.61 Å². The molecule has 1 amide bonds. The van der Waals surface area contributed by atoms with Crippen LogP contribution in [-0.4, -0.2) is 24.4 Å². The lowest BCUT2D eigenvalue weighted by Crippen LogP contribution is -2.30. The molecule has 0 aromatic heterocycles. The Labute approximate surface area is 164 Å². The molecule has 1 aliphatic carbocycles. The number of hydrogen-bond acceptors (Lipinski definition) is 3. The zero-order chi connectivity index (χ0) is 19.5. The van der Waals surface area contributed by atoms with Crippen LogP contribution in [0.5, 0.6) is 0 Å². The lowest BCUT2D eigenvalue weighted by molar-refractivity contribution is 0.128. The van der Waals surface area contributed by atoms with E-state index in [1.807, 2.05) is 55.5 Å². The van der Waals surface area contributed by atoms with E-state index in [9.17, 15) is 9.90 Å². The van der Waals surface area contributed by atoms with Gasteiger partial charge in [0.05, 0.1) is 12.6 Å². The molecule has 0 radical (unpaired) electrons. The Morgan fingerprint density at radius 3 is 2.14 bits per heavy atom. The third-order valence-electron chi connectivity index (χ3n) is 5.25. The smallest absolute Gasteiger partial charge is 0.407 e. The number of ether oxygens (including phenoxy) is 1. The van der Waals surface area contributed by atoms with Crippen molar-refractivity contribution in [2.75, 3.05) is 13.2 Å². The highest BCUT2D eigenvalue weighted by molar-refractivity contribution is 5.79. The summed E-state index contributed by atoms with van der Waals surface area (Å²) in [4.78, 5) is 12.2. The zero-order valence-corrected chi connectivity index (χ0v) is 15.8. The van der Waals surface area contributed by atoms with E-state index in [1.165, 1.54) is 22.3 Å². The van der Waals surface area contributed by atoms with Crippen LogP contribution in [0.4, 0.5) is 4.79 Å². The van der Waals surface area contributed by atoms with Gasteiger partial charge in [0.2, 0.25) is 0 Å². The molecule has 0 unspecified atom stereocenters. The number of hydrogen-bond donors (Lipinski definition) is 2. The molecule has 0 saturated heterocycles. The van der Waals surface area contributed by atoms with Crippen LogP contribution in [0.2, 0.25) is 0 Å². The Hall–Kier alpha value is -3.11. The maximum absolute atomic E-state index is 12.2. The van der Waals surface area contributed by atoms with Crippen molar-refractivity contribution >= 4 is 6.09 Å². The van der Waals surface area contributed by atoms with Crippen LogP contribution in [0, 0.1) is 6.92 Å². The summed E-state index contributed by atoms with van der Waals surface area (Å²) in [6, 6.07) is 24.0. The average molecular weight is 373 g/mol. The molecule has 0 fully saturated rings. The molecular weight excluding hydrogens is 350 g/mol. The topological polar surface area (TPSA) is 58.6 Å². The molecule has 0 spiro atoms. The van der Waals surface area contributed by atoms with E-state index in [2.05, 4.69) is 29.6 Å². The SMILES string of the molecule is Cc1ccc([C@@H](O)CNC(=O)OCC2c3ccccc3-c3ccccc32)cc1. The van der Waals surface area contributed by atoms with E-state index < -0.39 is 12.2 Å². The molecule has 142 valence electrons. The monoisotopic (exact) mass is 373 g/mol. The third kappa shape index (κ3) is 3.64. The van der Waals surface area contributed by atoms with Crippen molar-refractivity contribution < 1.29 is 14.6 Å². The number of aliphatic hydroxyl groups excluding tert-OH is 1. The second-order valence-corrected chi connectivity index (χ2v) is 7.13. The summed E-state index contributed by atoms with van der Waals surface area (Å²) in [5.74, 6) is 0.0279. The summed E-state index contributed by atoms with van der Waals surface area (Å²) in [5, 5.41) is 12.9. The number of carbonyl (C=O) groups is 1. The van der Waals surface area contributed by atoms with Gasteiger partial charge in [-0.3, -0.25) is 0 Å². The number of alkyl carbamates (subject to hydrolysis) is 1. The minimum atomic E-state index is -0.763. The Morgan fingerprint density at radius 1 is 0.964 bits per heavy atom. The van der Waals surface area contributed by atoms with Crippen LogP contribution in [0.3, 0.4) is 0 Å². The molecule has 3 aromatic rings. The standard InChI is InChI=1S/C24H23NO3/c1-16-10-12-17(13-11-16)23(26)14-25-24(27)28-15-22-20-8-4-2-6-18(20)19-7-3-5-9-21(19)22/h2-13,22-23,26H,14-15H2,1H3,(H,25,27)/t23-/m0/s1. The fraction of sp³-hybridized carbons (Fsp3) is 0.208. The maximum atomic E-state index is 12.2. The molecule has 1 atom stereocenters. The van der Waals surface area contributed by atoms with Gasteiger partial charge in [-0.2, -0.15) is 0 Å². The van der Waals surface area contributed by atoms with E-state index in [4.69, 9.17) is 4.74 Å². The first kappa shape index (κ1) is 18.3. The van der Waals surface area contributed by atoms with Crippen molar-refractivity contribution in [3.05, 3.63) is 95.1 Å². The molecule has 0 heterocycles. The summed E-state index contributed by atoms with van der Waals surface area (Å²) < 4.78 is 5.48. The Kier molecular flexibility index (Phi) is 5.13. The molecule has 1 aliphatic rings. The first-order chi connectivity index (χ1) is 13.6. The van der Waals surface area contributed by atoms with E-state index in [0.29, 0.717) is 0 Å². The molecule has 0 bridgehead atoms. The molecule has 4 nitrogen and oxygen atoms in total. The molecule has 0 saturated carbocycles. The van der Waals surface area contributed by atoms with Crippen LogP contribution in [0.25, 0.3) is 11.1 Å². The number of rotatable bonds is 5. The highest BCUT2D eigenvalue weighted by Crippen LogP contribution is 2.44. The van der Waals surface area contributed by atoms with Crippen LogP contribution in [-0.2, 0) is 4.74 Å². The fourth-order valence-corrected chi connectivity index (χ4v) is 3.74. The number of carbonyl (C=O) groups excluding carboxylic acids is 1. The molecule has 4 rings (SSSR count). The van der Waals surface area contributed by atoms with Crippen molar-refractivity contribution in [2.45, 2.75) is 18.9 Å². The van der Waals surface area contributed by atoms with Crippen LogP contribution in [0.1, 0.15) is 34.3 Å². The Morgan fingerprint density at radius 2 is 1.54 bits per heavy atom. The number of aliphatic hydroxyl groups is 1. The van der Waals surface area contributed by atoms with Gasteiger partial charge in [-0.05, 0) is 34.7 Å². The number of aryl methyl sites for hydroxylation is 1. The van der Waals surface area contributed by atoms with Crippen molar-refractivity contribution in [1.29, 1.82) is 0 Å². The molecule has 0 aliphatic heterocycles. The first-order valence-corrected chi connectivity index (χ1v) is 9.47. The summed E-state index contributed by atoms with van der Waals surface area (Å²) >= 11 is 0. The quantitative estimate of drug-likeness (QED) is 0.689. The van der Waals surface area contributed by atoms with Gasteiger partial charge in [-0.15, -0.1) is 0 Å². The summed E-state index contributed by atoms with van der Waals surface area (Å²) in [7, 11) is 0. The lowest BCUT2D eigenvalue weighted by atomic mass is 9.98. The van der Waals surface area contributed by atoms with Crippen molar-refractivity contribution in [1.82, 2.24) is 5.32 Å². The number of amides is 1. The van der Waals surface area contributed by atoms with Crippen LogP contribution >= 0.6 is 0 Å². The largest absolute Gasteiger partial charge is 0.449 e. The lowest BCUT2D eigenvalue weighted by Gasteiger charge is -2.16. The summed E-state index contributed by atoms with van der Waals surface area (Å²) in [5.41, 5.74) is 6.64. The molecule has 2 N–H and O–H groups in total. The fourth-order valence-electron chi connectivity index (χ4n) is 3.74. The predicted molar refractivity (Wildman–Crippen MR) is 109 cm³/mol. The predicted octanol–water partition coefficient (Wildman–Crippen LogP) is 4.57. The van der Waals surface area contributed by atoms with Crippen LogP contribution in [0.15, 0.2) is 72.8 Å². The minimum absolute atomic E-state index is 0.0279. The van der Waals surface area contributed by atoms with Crippen molar-refractivity contribution in [3.8, 4) is 11.1 Å². The molecule has 4 heteroatoms. The highest BCUT2D eigenvalue weighted by Gasteiger charge is 2.29. The van der Waals surface area contributed by atoms with Gasteiger partial charge in [0.15, 0.2) is 0 Å². The summed E-state index contributed by atoms with van der Waals surface area (Å²) in [6.45, 7) is 2.37. The van der Waals surface area contributed by atoms with Crippen molar-refractivity contribution in [3.63, 3.8) is 0 Å². The van der Waals surface area contributed by atoms with E-state index in [1.54, 1.807) is 0 Å². The molecule has 28 heavy (non-hydrogen) atoms. The van der Waals surface area contributed by atoms with Gasteiger partial charge >= 0.3 is 6.09 Å². The van der Waals surface area contributed by atoms with E-state index in [0.717, 1.165) is 11.1 Å². The first-order valence-electron chi connectivity index (χ1n) is 9.47. The van der Waals surface area contributed by atoms with Gasteiger partial charge < -0.3 is 15.2 Å². The second-order valence-electron chi connectivity index (χ2n) is 7.13. The van der Waals surface area contributed by atoms with Gasteiger partial charge in [-0.1, -0.05) is 78.4 Å². The average Bonchev–Trinajstić information content (AvgIpc) is 3.05. The number of fused-ring (bicyclic) bond motifs is 3. The summed E-state index contributed by atoms with van der Waals surface area (Å²) in [6.07, 6.45) is -1.28. The van der Waals surface area contributed by atoms with E-state index in [-0.39, 0.29) is 19.1 Å². The van der Waals surface area contributed by atoms with Crippen LogP contribution < -0.4 is 5.32 Å². The minimum Gasteiger partial charge on any atom is -0.449 e. The van der Waals surface area contributed by atoms with Gasteiger partial charge in [0.25, 0.3) is 0 Å². The zero-order valence-electron chi connectivity index (χ0n) is 15.8. The Bertz CT molecular complexity index is 936. The van der Waals surface area contributed by atoms with Gasteiger partial charge in [-0.25, -0.2) is 4.79 Å². The number of benzene rings is 3.